The zero-order valence-electron chi connectivity index (χ0n) is 12.7. The van der Waals surface area contributed by atoms with Crippen molar-refractivity contribution in [3.63, 3.8) is 0 Å². The summed E-state index contributed by atoms with van der Waals surface area (Å²) in [7, 11) is 0. The van der Waals surface area contributed by atoms with Crippen molar-refractivity contribution >= 4 is 11.8 Å². The molecule has 1 fully saturated rings. The van der Waals surface area contributed by atoms with E-state index in [0.717, 1.165) is 37.2 Å². The standard InChI is InChI=1S/C15H26N4O/c1-4-16-14-17-9-12(3)13(19-14)18-10-15(20)7-5-6-11(2)8-15/h9,11,20H,4-8,10H2,1-3H3,(H2,16,17,18,19). The average Bonchev–Trinajstić information content (AvgIpc) is 2.39. The van der Waals surface area contributed by atoms with Crippen LogP contribution in [0.2, 0.25) is 0 Å². The maximum absolute atomic E-state index is 10.6. The SMILES string of the molecule is CCNc1ncc(C)c(NCC2(O)CCCC(C)C2)n1. The maximum Gasteiger partial charge on any atom is 0.224 e. The Labute approximate surface area is 121 Å². The first-order valence-corrected chi connectivity index (χ1v) is 7.56. The highest BCUT2D eigenvalue weighted by molar-refractivity contribution is 5.46. The van der Waals surface area contributed by atoms with Gasteiger partial charge in [-0.2, -0.15) is 4.98 Å². The lowest BCUT2D eigenvalue weighted by Gasteiger charge is -2.35. The molecule has 2 atom stereocenters. The summed E-state index contributed by atoms with van der Waals surface area (Å²) in [5.41, 5.74) is 0.395. The molecular formula is C15H26N4O. The van der Waals surface area contributed by atoms with Crippen LogP contribution in [-0.2, 0) is 0 Å². The number of nitrogens with one attached hydrogen (secondary N) is 2. The number of hydrogen-bond donors (Lipinski definition) is 3. The van der Waals surface area contributed by atoms with Crippen LogP contribution in [0.15, 0.2) is 6.20 Å². The van der Waals surface area contributed by atoms with Crippen LogP contribution in [0.25, 0.3) is 0 Å². The third kappa shape index (κ3) is 3.82. The van der Waals surface area contributed by atoms with Crippen molar-refractivity contribution in [2.75, 3.05) is 23.7 Å². The molecule has 3 N–H and O–H groups in total. The van der Waals surface area contributed by atoms with Crippen molar-refractivity contribution in [2.45, 2.75) is 52.1 Å². The molecule has 0 saturated heterocycles. The number of hydrogen-bond acceptors (Lipinski definition) is 5. The summed E-state index contributed by atoms with van der Waals surface area (Å²) in [6, 6.07) is 0. The number of rotatable bonds is 5. The fourth-order valence-electron chi connectivity index (χ4n) is 2.91. The molecule has 0 radical (unpaired) electrons. The smallest absolute Gasteiger partial charge is 0.224 e. The molecule has 0 spiro atoms. The van der Waals surface area contributed by atoms with E-state index >= 15 is 0 Å². The molecule has 0 aromatic carbocycles. The quantitative estimate of drug-likeness (QED) is 0.772. The van der Waals surface area contributed by atoms with Gasteiger partial charge >= 0.3 is 0 Å². The van der Waals surface area contributed by atoms with E-state index in [9.17, 15) is 5.11 Å². The van der Waals surface area contributed by atoms with Gasteiger partial charge in [-0.25, -0.2) is 4.98 Å². The van der Waals surface area contributed by atoms with Crippen LogP contribution in [0.4, 0.5) is 11.8 Å². The average molecular weight is 278 g/mol. The van der Waals surface area contributed by atoms with Gasteiger partial charge in [0.1, 0.15) is 5.82 Å². The minimum absolute atomic E-state index is 0.556. The third-order valence-corrected chi connectivity index (χ3v) is 3.96. The van der Waals surface area contributed by atoms with Crippen LogP contribution < -0.4 is 10.6 Å². The van der Waals surface area contributed by atoms with E-state index in [1.54, 1.807) is 6.20 Å². The Morgan fingerprint density at radius 1 is 1.45 bits per heavy atom. The first-order valence-electron chi connectivity index (χ1n) is 7.56. The Morgan fingerprint density at radius 3 is 2.95 bits per heavy atom. The van der Waals surface area contributed by atoms with E-state index < -0.39 is 5.60 Å². The molecule has 2 unspecified atom stereocenters. The van der Waals surface area contributed by atoms with Crippen LogP contribution in [0.5, 0.6) is 0 Å². The number of anilines is 2. The molecule has 1 aliphatic carbocycles. The van der Waals surface area contributed by atoms with E-state index in [2.05, 4.69) is 27.5 Å². The molecule has 5 nitrogen and oxygen atoms in total. The second-order valence-corrected chi connectivity index (χ2v) is 6.03. The predicted octanol–water partition coefficient (Wildman–Crippen LogP) is 2.57. The van der Waals surface area contributed by atoms with Gasteiger partial charge in [0.15, 0.2) is 0 Å². The zero-order valence-corrected chi connectivity index (χ0v) is 12.7. The minimum Gasteiger partial charge on any atom is -0.388 e. The van der Waals surface area contributed by atoms with Crippen LogP contribution >= 0.6 is 0 Å². The predicted molar refractivity (Wildman–Crippen MR) is 82.0 cm³/mol. The Hall–Kier alpha value is -1.36. The van der Waals surface area contributed by atoms with Gasteiger partial charge in [0.2, 0.25) is 5.95 Å². The summed E-state index contributed by atoms with van der Waals surface area (Å²) in [6.45, 7) is 7.56. The summed E-state index contributed by atoms with van der Waals surface area (Å²) < 4.78 is 0. The van der Waals surface area contributed by atoms with Gasteiger partial charge in [-0.05, 0) is 32.6 Å². The van der Waals surface area contributed by atoms with Crippen molar-refractivity contribution in [1.82, 2.24) is 9.97 Å². The molecular weight excluding hydrogens is 252 g/mol. The maximum atomic E-state index is 10.6. The van der Waals surface area contributed by atoms with Gasteiger partial charge in [0, 0.05) is 24.8 Å². The zero-order chi connectivity index (χ0) is 14.6. The molecule has 2 rings (SSSR count). The van der Waals surface area contributed by atoms with Gasteiger partial charge in [-0.1, -0.05) is 19.8 Å². The van der Waals surface area contributed by atoms with Crippen LogP contribution in [-0.4, -0.2) is 33.8 Å². The number of aromatic nitrogens is 2. The molecule has 20 heavy (non-hydrogen) atoms. The van der Waals surface area contributed by atoms with E-state index in [0.29, 0.717) is 18.4 Å². The molecule has 0 bridgehead atoms. The highest BCUT2D eigenvalue weighted by atomic mass is 16.3. The van der Waals surface area contributed by atoms with E-state index in [4.69, 9.17) is 0 Å². The Balaban J connectivity index is 2.00. The van der Waals surface area contributed by atoms with E-state index in [1.807, 2.05) is 13.8 Å². The lowest BCUT2D eigenvalue weighted by molar-refractivity contribution is -0.000833. The third-order valence-electron chi connectivity index (χ3n) is 3.96. The lowest BCUT2D eigenvalue weighted by Crippen LogP contribution is -2.41. The van der Waals surface area contributed by atoms with Crippen LogP contribution in [0, 0.1) is 12.8 Å². The Kier molecular flexibility index (Phi) is 4.81. The van der Waals surface area contributed by atoms with E-state index in [1.165, 1.54) is 6.42 Å². The minimum atomic E-state index is -0.604. The summed E-state index contributed by atoms with van der Waals surface area (Å²) in [5.74, 6) is 2.03. The Morgan fingerprint density at radius 2 is 2.25 bits per heavy atom. The monoisotopic (exact) mass is 278 g/mol. The van der Waals surface area contributed by atoms with Crippen molar-refractivity contribution in [3.05, 3.63) is 11.8 Å². The normalized spacial score (nSPS) is 26.3. The number of aliphatic hydroxyl groups is 1. The fourth-order valence-corrected chi connectivity index (χ4v) is 2.91. The molecule has 0 amide bonds. The van der Waals surface area contributed by atoms with Crippen molar-refractivity contribution < 1.29 is 5.11 Å². The van der Waals surface area contributed by atoms with Gasteiger partial charge in [0.25, 0.3) is 0 Å². The fraction of sp³-hybridized carbons (Fsp3) is 0.733. The van der Waals surface area contributed by atoms with Gasteiger partial charge < -0.3 is 15.7 Å². The first-order chi connectivity index (χ1) is 9.52. The molecule has 1 heterocycles. The first kappa shape index (κ1) is 15.0. The van der Waals surface area contributed by atoms with E-state index in [-0.39, 0.29) is 0 Å². The second-order valence-electron chi connectivity index (χ2n) is 6.03. The Bertz CT molecular complexity index is 451. The highest BCUT2D eigenvalue weighted by Crippen LogP contribution is 2.32. The van der Waals surface area contributed by atoms with Gasteiger partial charge in [-0.15, -0.1) is 0 Å². The topological polar surface area (TPSA) is 70.1 Å². The van der Waals surface area contributed by atoms with Gasteiger partial charge in [-0.3, -0.25) is 0 Å². The highest BCUT2D eigenvalue weighted by Gasteiger charge is 2.32. The summed E-state index contributed by atoms with van der Waals surface area (Å²) in [6.07, 6.45) is 5.86. The molecule has 0 aliphatic heterocycles. The molecule has 112 valence electrons. The van der Waals surface area contributed by atoms with Crippen LogP contribution in [0.3, 0.4) is 0 Å². The summed E-state index contributed by atoms with van der Waals surface area (Å²) in [5, 5.41) is 17.1. The van der Waals surface area contributed by atoms with Crippen LogP contribution in [0.1, 0.15) is 45.1 Å². The van der Waals surface area contributed by atoms with Gasteiger partial charge in [0.05, 0.1) is 5.60 Å². The molecule has 1 saturated carbocycles. The van der Waals surface area contributed by atoms with Crippen molar-refractivity contribution in [1.29, 1.82) is 0 Å². The second kappa shape index (κ2) is 6.39. The van der Waals surface area contributed by atoms with Crippen molar-refractivity contribution in [2.24, 2.45) is 5.92 Å². The molecule has 1 aliphatic rings. The molecule has 5 heteroatoms. The molecule has 1 aromatic rings. The summed E-state index contributed by atoms with van der Waals surface area (Å²) in [4.78, 5) is 8.68. The summed E-state index contributed by atoms with van der Waals surface area (Å²) >= 11 is 0. The number of nitrogens with zero attached hydrogens (tertiary/aromatic N) is 2. The molecule has 1 aromatic heterocycles. The lowest BCUT2D eigenvalue weighted by atomic mass is 9.79. The van der Waals surface area contributed by atoms with Crippen molar-refractivity contribution in [3.8, 4) is 0 Å². The number of aryl methyl sites for hydroxylation is 1. The largest absolute Gasteiger partial charge is 0.388 e.